The molecular formula is C4H7N2-. The molecule has 2 N–H and O–H groups in total. The van der Waals surface area contributed by atoms with Crippen molar-refractivity contribution in [3.8, 4) is 0 Å². The van der Waals surface area contributed by atoms with Crippen molar-refractivity contribution in [2.45, 2.75) is 12.8 Å². The maximum Gasteiger partial charge on any atom is -0.0249 e. The number of hydrogen-bond donors (Lipinski definition) is 1. The van der Waals surface area contributed by atoms with Gasteiger partial charge in [0.15, 0.2) is 0 Å². The molecule has 0 heterocycles. The van der Waals surface area contributed by atoms with Gasteiger partial charge in [0.2, 0.25) is 0 Å². The summed E-state index contributed by atoms with van der Waals surface area (Å²) in [5.74, 6) is 0.472. The van der Waals surface area contributed by atoms with E-state index < -0.39 is 0 Å². The van der Waals surface area contributed by atoms with E-state index in [4.69, 9.17) is 11.1 Å². The fourth-order valence-electron chi connectivity index (χ4n) is 0.372. The Hall–Kier alpha value is -0.530. The molecule has 0 bridgehead atoms. The fraction of sp³-hybridized carbons (Fsp3) is 0.750. The van der Waals surface area contributed by atoms with Crippen LogP contribution in [-0.2, 0) is 0 Å². The summed E-state index contributed by atoms with van der Waals surface area (Å²) in [6.45, 7) is 0. The molecule has 0 amide bonds. The van der Waals surface area contributed by atoms with Crippen LogP contribution in [0.1, 0.15) is 12.8 Å². The van der Waals surface area contributed by atoms with Gasteiger partial charge in [-0.2, -0.15) is 0 Å². The first-order valence-corrected chi connectivity index (χ1v) is 2.11. The summed E-state index contributed by atoms with van der Waals surface area (Å²) in [5, 5.41) is 6.68. The second-order valence-corrected chi connectivity index (χ2v) is 1.69. The SMILES string of the molecule is N=C([NH-])C1CC1. The summed E-state index contributed by atoms with van der Waals surface area (Å²) in [4.78, 5) is 0. The van der Waals surface area contributed by atoms with E-state index >= 15 is 0 Å². The molecule has 6 heavy (non-hydrogen) atoms. The number of amidine groups is 1. The molecule has 2 heteroatoms. The Labute approximate surface area is 36.9 Å². The normalized spacial score (nSPS) is 20.7. The molecule has 34 valence electrons. The zero-order chi connectivity index (χ0) is 4.57. The Bertz CT molecular complexity index is 73.6. The van der Waals surface area contributed by atoms with Gasteiger partial charge in [0.1, 0.15) is 0 Å². The average Bonchev–Trinajstić information content (AvgIpc) is 2.06. The van der Waals surface area contributed by atoms with E-state index in [1.54, 1.807) is 0 Å². The predicted octanol–water partition coefficient (Wildman–Crippen LogP) is 1.43. The van der Waals surface area contributed by atoms with Crippen LogP contribution in [0.3, 0.4) is 0 Å². The first kappa shape index (κ1) is 3.65. The Balaban J connectivity index is 2.31. The summed E-state index contributed by atoms with van der Waals surface area (Å²) in [7, 11) is 0. The molecule has 1 rings (SSSR count). The molecule has 0 aliphatic heterocycles. The van der Waals surface area contributed by atoms with E-state index in [9.17, 15) is 0 Å². The van der Waals surface area contributed by atoms with Gasteiger partial charge in [-0.15, -0.1) is 0 Å². The Morgan fingerprint density at radius 1 is 1.67 bits per heavy atom. The quantitative estimate of drug-likeness (QED) is 0.368. The minimum absolute atomic E-state index is 0.120. The van der Waals surface area contributed by atoms with Gasteiger partial charge < -0.3 is 11.1 Å². The third kappa shape index (κ3) is 0.506. The van der Waals surface area contributed by atoms with Gasteiger partial charge in [0.05, 0.1) is 0 Å². The average molecular weight is 83.1 g/mol. The van der Waals surface area contributed by atoms with Crippen molar-refractivity contribution in [3.05, 3.63) is 5.73 Å². The van der Waals surface area contributed by atoms with Crippen LogP contribution in [0.15, 0.2) is 0 Å². The molecule has 0 unspecified atom stereocenters. The highest BCUT2D eigenvalue weighted by molar-refractivity contribution is 5.90. The lowest BCUT2D eigenvalue weighted by Crippen LogP contribution is -1.85. The number of hydrogen-bond acceptors (Lipinski definition) is 1. The van der Waals surface area contributed by atoms with E-state index in [0.29, 0.717) is 5.92 Å². The van der Waals surface area contributed by atoms with Crippen molar-refractivity contribution >= 4 is 5.84 Å². The van der Waals surface area contributed by atoms with Gasteiger partial charge in [-0.05, 0) is 18.8 Å². The third-order valence-electron chi connectivity index (χ3n) is 0.986. The van der Waals surface area contributed by atoms with Crippen molar-refractivity contribution in [2.24, 2.45) is 5.92 Å². The van der Waals surface area contributed by atoms with Crippen LogP contribution < -0.4 is 0 Å². The molecule has 1 aliphatic rings. The summed E-state index contributed by atoms with van der Waals surface area (Å²) >= 11 is 0. The topological polar surface area (TPSA) is 47.7 Å². The van der Waals surface area contributed by atoms with Crippen LogP contribution >= 0.6 is 0 Å². The lowest BCUT2D eigenvalue weighted by molar-refractivity contribution is 1.18. The molecule has 1 fully saturated rings. The zero-order valence-corrected chi connectivity index (χ0v) is 3.49. The van der Waals surface area contributed by atoms with Gasteiger partial charge in [0.25, 0.3) is 0 Å². The third-order valence-corrected chi connectivity index (χ3v) is 0.986. The van der Waals surface area contributed by atoms with E-state index in [2.05, 4.69) is 0 Å². The van der Waals surface area contributed by atoms with Gasteiger partial charge in [0, 0.05) is 0 Å². The molecule has 0 spiro atoms. The highest BCUT2D eigenvalue weighted by atomic mass is 14.7. The summed E-state index contributed by atoms with van der Waals surface area (Å²) in [5.41, 5.74) is 6.68. The van der Waals surface area contributed by atoms with Crippen molar-refractivity contribution < 1.29 is 0 Å². The highest BCUT2D eigenvalue weighted by Crippen LogP contribution is 2.29. The van der Waals surface area contributed by atoms with Gasteiger partial charge >= 0.3 is 0 Å². The lowest BCUT2D eigenvalue weighted by atomic mass is 10.4. The standard InChI is InChI=1S/C4H7N2/c5-4(6)3-1-2-3/h3H,1-2H2,(H2-,5,6)/q-1. The second-order valence-electron chi connectivity index (χ2n) is 1.69. The van der Waals surface area contributed by atoms with Crippen molar-refractivity contribution in [2.75, 3.05) is 0 Å². The number of rotatable bonds is 1. The monoisotopic (exact) mass is 83.1 g/mol. The minimum atomic E-state index is 0.120. The second kappa shape index (κ2) is 0.965. The van der Waals surface area contributed by atoms with Gasteiger partial charge in [-0.25, -0.2) is 0 Å². The minimum Gasteiger partial charge on any atom is -0.486 e. The molecule has 2 nitrogen and oxygen atoms in total. The Morgan fingerprint density at radius 3 is 2.17 bits per heavy atom. The van der Waals surface area contributed by atoms with Crippen molar-refractivity contribution in [1.29, 1.82) is 5.41 Å². The predicted molar refractivity (Wildman–Crippen MR) is 24.8 cm³/mol. The van der Waals surface area contributed by atoms with Crippen LogP contribution in [0.4, 0.5) is 0 Å². The molecule has 0 radical (unpaired) electrons. The van der Waals surface area contributed by atoms with Crippen LogP contribution in [-0.4, -0.2) is 5.84 Å². The molecule has 0 aromatic rings. The molecule has 1 aliphatic carbocycles. The maximum atomic E-state index is 6.68. The molecule has 0 aromatic heterocycles. The van der Waals surface area contributed by atoms with E-state index in [1.165, 1.54) is 0 Å². The van der Waals surface area contributed by atoms with E-state index in [-0.39, 0.29) is 5.84 Å². The fourth-order valence-corrected chi connectivity index (χ4v) is 0.372. The molecule has 1 saturated carbocycles. The molecule has 0 aromatic carbocycles. The Morgan fingerprint density at radius 2 is 2.17 bits per heavy atom. The van der Waals surface area contributed by atoms with Crippen LogP contribution in [0.2, 0.25) is 0 Å². The van der Waals surface area contributed by atoms with E-state index in [0.717, 1.165) is 12.8 Å². The molecule has 0 saturated heterocycles. The summed E-state index contributed by atoms with van der Waals surface area (Å²) < 4.78 is 0. The largest absolute Gasteiger partial charge is 0.486 e. The Kier molecular flexibility index (Phi) is 0.587. The molecular weight excluding hydrogens is 76.1 g/mol. The van der Waals surface area contributed by atoms with Crippen LogP contribution in [0, 0.1) is 11.3 Å². The summed E-state index contributed by atoms with van der Waals surface area (Å²) in [6.07, 6.45) is 2.17. The zero-order valence-electron chi connectivity index (χ0n) is 3.49. The van der Waals surface area contributed by atoms with Crippen molar-refractivity contribution in [1.82, 2.24) is 0 Å². The maximum absolute atomic E-state index is 6.68. The van der Waals surface area contributed by atoms with Gasteiger partial charge in [-0.3, -0.25) is 0 Å². The van der Waals surface area contributed by atoms with Crippen molar-refractivity contribution in [3.63, 3.8) is 0 Å². The number of nitrogens with one attached hydrogen (secondary N) is 2. The van der Waals surface area contributed by atoms with Crippen LogP contribution in [0.5, 0.6) is 0 Å². The summed E-state index contributed by atoms with van der Waals surface area (Å²) in [6, 6.07) is 0. The molecule has 0 atom stereocenters. The first-order chi connectivity index (χ1) is 2.80. The van der Waals surface area contributed by atoms with E-state index in [1.807, 2.05) is 0 Å². The van der Waals surface area contributed by atoms with Gasteiger partial charge in [-0.1, -0.05) is 5.84 Å². The highest BCUT2D eigenvalue weighted by Gasteiger charge is 2.19. The van der Waals surface area contributed by atoms with Crippen LogP contribution in [0.25, 0.3) is 5.73 Å². The first-order valence-electron chi connectivity index (χ1n) is 2.11. The smallest absolute Gasteiger partial charge is 0.0249 e. The lowest BCUT2D eigenvalue weighted by Gasteiger charge is -1.94.